The summed E-state index contributed by atoms with van der Waals surface area (Å²) in [5, 5.41) is 2.93. The van der Waals surface area contributed by atoms with E-state index in [1.54, 1.807) is 0 Å². The summed E-state index contributed by atoms with van der Waals surface area (Å²) in [7, 11) is 0. The van der Waals surface area contributed by atoms with E-state index in [1.165, 1.54) is 10.6 Å². The topological polar surface area (TPSA) is 0 Å². The number of rotatable bonds is 4. The summed E-state index contributed by atoms with van der Waals surface area (Å²) in [5.41, 5.74) is 0. The van der Waals surface area contributed by atoms with E-state index in [1.807, 2.05) is 0 Å². The molecule has 0 heterocycles. The van der Waals surface area contributed by atoms with Crippen molar-refractivity contribution < 1.29 is 0 Å². The van der Waals surface area contributed by atoms with E-state index in [0.717, 1.165) is 37.6 Å². The fraction of sp³-hybridized carbons (Fsp3) is 1.00. The molecule has 0 atom stereocenters. The summed E-state index contributed by atoms with van der Waals surface area (Å²) in [6, 6.07) is 0. The van der Waals surface area contributed by atoms with E-state index in [-0.39, 0.29) is 0 Å². The molecule has 0 N–H and O–H groups in total. The Bertz CT molecular complexity index is 26.1. The number of hydrogen-bond acceptors (Lipinski definition) is 0. The molecule has 0 aromatic heterocycles. The van der Waals surface area contributed by atoms with Crippen LogP contribution in [0.15, 0.2) is 0 Å². The van der Waals surface area contributed by atoms with Gasteiger partial charge in [-0.3, -0.25) is 0 Å². The normalized spacial score (nSPS) is 9.43. The van der Waals surface area contributed by atoms with Gasteiger partial charge < -0.3 is 0 Å². The molecule has 0 aliphatic heterocycles. The third kappa shape index (κ3) is 7.56. The van der Waals surface area contributed by atoms with Crippen LogP contribution >= 0.6 is 0 Å². The van der Waals surface area contributed by atoms with Crippen LogP contribution in [0.25, 0.3) is 0 Å². The molecule has 0 aliphatic carbocycles. The van der Waals surface area contributed by atoms with E-state index < -0.39 is 0 Å². The Morgan fingerprint density at radius 1 is 1.00 bits per heavy atom. The Balaban J connectivity index is 2.45. The third-order valence-electron chi connectivity index (χ3n) is 0.332. The molecule has 7 heavy (non-hydrogen) atoms. The van der Waals surface area contributed by atoms with Crippen LogP contribution in [-0.2, 0) is 0 Å². The molecule has 0 saturated carbocycles. The molecule has 3 heteroatoms. The molecule has 0 fully saturated rings. The first-order valence-electron chi connectivity index (χ1n) is 2.32. The van der Waals surface area contributed by atoms with Gasteiger partial charge in [-0.15, -0.1) is 0 Å². The van der Waals surface area contributed by atoms with Crippen molar-refractivity contribution in [2.45, 2.75) is 24.5 Å². The van der Waals surface area contributed by atoms with Gasteiger partial charge in [-0.05, 0) is 0 Å². The van der Waals surface area contributed by atoms with Crippen LogP contribution in [0.5, 0.6) is 0 Å². The summed E-state index contributed by atoms with van der Waals surface area (Å²) in [4.78, 5) is 0. The minimum atomic E-state index is 1.06. The third-order valence-corrected chi connectivity index (χ3v) is 19.9. The van der Waals surface area contributed by atoms with Gasteiger partial charge in [0.25, 0.3) is 0 Å². The average Bonchev–Trinajstić information content (AvgIpc) is 1.69. The molecule has 0 bridgehead atoms. The molecule has 0 amide bonds. The summed E-state index contributed by atoms with van der Waals surface area (Å²) in [5.74, 6) is 0. The van der Waals surface area contributed by atoms with Gasteiger partial charge in [0, 0.05) is 0 Å². The van der Waals surface area contributed by atoms with Crippen molar-refractivity contribution in [3.05, 3.63) is 0 Å². The predicted molar refractivity (Wildman–Crippen MR) is 38.2 cm³/mol. The van der Waals surface area contributed by atoms with Gasteiger partial charge in [0.1, 0.15) is 0 Å². The Hall–Kier alpha value is 1.56. The van der Waals surface area contributed by atoms with Crippen molar-refractivity contribution in [1.82, 2.24) is 0 Å². The standard InChI is InChI=1S/C4H10Se3/c1-3-5-7-6-4-2/h3-4H2,1-2H3. The van der Waals surface area contributed by atoms with Crippen LogP contribution in [0.1, 0.15) is 13.8 Å². The Kier molecular flexibility index (Phi) is 9.24. The molecule has 0 saturated heterocycles. The second-order valence-electron chi connectivity index (χ2n) is 0.881. The zero-order chi connectivity index (χ0) is 5.54. The summed E-state index contributed by atoms with van der Waals surface area (Å²) < 4.78 is 0. The van der Waals surface area contributed by atoms with Crippen LogP contribution in [0.4, 0.5) is 0 Å². The van der Waals surface area contributed by atoms with E-state index >= 15 is 0 Å². The van der Waals surface area contributed by atoms with Crippen LogP contribution in [-0.4, -0.2) is 37.6 Å². The van der Waals surface area contributed by atoms with Crippen LogP contribution in [0.3, 0.4) is 0 Å². The maximum atomic E-state index is 2.30. The summed E-state index contributed by atoms with van der Waals surface area (Å²) >= 11 is 3.22. The Morgan fingerprint density at radius 3 is 1.71 bits per heavy atom. The van der Waals surface area contributed by atoms with Gasteiger partial charge in [0.15, 0.2) is 0 Å². The van der Waals surface area contributed by atoms with Crippen LogP contribution in [0, 0.1) is 0 Å². The van der Waals surface area contributed by atoms with Gasteiger partial charge in [-0.1, -0.05) is 0 Å². The molecule has 0 aromatic carbocycles. The van der Waals surface area contributed by atoms with Crippen molar-refractivity contribution >= 4 is 37.6 Å². The quantitative estimate of drug-likeness (QED) is 0.532. The van der Waals surface area contributed by atoms with E-state index in [0.29, 0.717) is 0 Å². The van der Waals surface area contributed by atoms with Crippen molar-refractivity contribution in [2.24, 2.45) is 0 Å². The summed E-state index contributed by atoms with van der Waals surface area (Å²) in [6.45, 7) is 4.60. The first-order chi connectivity index (χ1) is 3.41. The second kappa shape index (κ2) is 7.56. The molecule has 0 spiro atoms. The fourth-order valence-electron chi connectivity index (χ4n) is 0.130. The first kappa shape index (κ1) is 8.56. The molecule has 0 radical (unpaired) electrons. The average molecular weight is 295 g/mol. The van der Waals surface area contributed by atoms with Crippen molar-refractivity contribution in [3.8, 4) is 0 Å². The van der Waals surface area contributed by atoms with E-state index in [9.17, 15) is 0 Å². The molecule has 0 aliphatic rings. The predicted octanol–water partition coefficient (Wildman–Crippen LogP) is 0.805. The van der Waals surface area contributed by atoms with Crippen LogP contribution < -0.4 is 0 Å². The summed E-state index contributed by atoms with van der Waals surface area (Å²) in [6.07, 6.45) is 0. The van der Waals surface area contributed by atoms with Crippen molar-refractivity contribution in [2.75, 3.05) is 0 Å². The Morgan fingerprint density at radius 2 is 1.43 bits per heavy atom. The zero-order valence-electron chi connectivity index (χ0n) is 4.64. The SMILES string of the molecule is CC[Se][Se][Se]CC. The fourth-order valence-corrected chi connectivity index (χ4v) is 18.3. The molecule has 0 rings (SSSR count). The van der Waals surface area contributed by atoms with Gasteiger partial charge in [0.2, 0.25) is 0 Å². The molecule has 0 unspecified atom stereocenters. The van der Waals surface area contributed by atoms with E-state index in [2.05, 4.69) is 13.8 Å². The van der Waals surface area contributed by atoms with Gasteiger partial charge >= 0.3 is 62.1 Å². The monoisotopic (exact) mass is 298 g/mol. The van der Waals surface area contributed by atoms with Gasteiger partial charge in [-0.25, -0.2) is 0 Å². The molecule has 0 aromatic rings. The maximum absolute atomic E-state index is 2.30. The van der Waals surface area contributed by atoms with Crippen molar-refractivity contribution in [1.29, 1.82) is 0 Å². The molecule has 0 nitrogen and oxygen atoms in total. The Labute approximate surface area is 61.8 Å². The number of hydrogen-bond donors (Lipinski definition) is 0. The molecular formula is C4H10Se3. The van der Waals surface area contributed by atoms with Crippen LogP contribution in [0.2, 0.25) is 10.6 Å². The van der Waals surface area contributed by atoms with Crippen molar-refractivity contribution in [3.63, 3.8) is 0 Å². The van der Waals surface area contributed by atoms with Gasteiger partial charge in [0.05, 0.1) is 0 Å². The molecule has 44 valence electrons. The van der Waals surface area contributed by atoms with Gasteiger partial charge in [-0.2, -0.15) is 0 Å². The minimum absolute atomic E-state index is 1.06. The molecular weight excluding hydrogens is 285 g/mol. The first-order valence-corrected chi connectivity index (χ1v) is 13.4. The second-order valence-corrected chi connectivity index (χ2v) is 18.9. The van der Waals surface area contributed by atoms with E-state index in [4.69, 9.17) is 0 Å². The zero-order valence-corrected chi connectivity index (χ0v) is 9.78.